The number of aliphatic carboxylic acids is 1. The number of nitrogens with one attached hydrogen (secondary N) is 1. The Morgan fingerprint density at radius 3 is 2.26 bits per heavy atom. The van der Waals surface area contributed by atoms with E-state index in [9.17, 15) is 17.6 Å². The average Bonchev–Trinajstić information content (AvgIpc) is 2.43. The van der Waals surface area contributed by atoms with Gasteiger partial charge in [-0.1, -0.05) is 0 Å². The molecule has 1 rings (SSSR count). The van der Waals surface area contributed by atoms with Crippen LogP contribution in [-0.2, 0) is 14.8 Å². The van der Waals surface area contributed by atoms with Crippen molar-refractivity contribution in [3.63, 3.8) is 0 Å². The normalized spacial score (nSPS) is 12.0. The van der Waals surface area contributed by atoms with E-state index in [4.69, 9.17) is 14.6 Å². The molecule has 9 heteroatoms. The first-order valence-corrected chi connectivity index (χ1v) is 8.18. The van der Waals surface area contributed by atoms with Crippen LogP contribution in [0.1, 0.15) is 26.7 Å². The smallest absolute Gasteiger partial charge is 0.303 e. The van der Waals surface area contributed by atoms with Crippen molar-refractivity contribution in [2.24, 2.45) is 0 Å². The summed E-state index contributed by atoms with van der Waals surface area (Å²) in [4.78, 5) is 10.0. The van der Waals surface area contributed by atoms with Crippen LogP contribution >= 0.6 is 0 Å². The van der Waals surface area contributed by atoms with Crippen LogP contribution in [0.3, 0.4) is 0 Å². The van der Waals surface area contributed by atoms with E-state index in [0.29, 0.717) is 0 Å². The number of carbonyl (C=O) groups is 1. The van der Waals surface area contributed by atoms with Crippen molar-refractivity contribution in [1.29, 1.82) is 0 Å². The molecule has 0 aliphatic rings. The van der Waals surface area contributed by atoms with Crippen molar-refractivity contribution in [2.45, 2.75) is 37.1 Å². The fourth-order valence-electron chi connectivity index (χ4n) is 1.93. The molecule has 0 saturated carbocycles. The van der Waals surface area contributed by atoms with E-state index >= 15 is 0 Å². The number of rotatable bonds is 8. The van der Waals surface area contributed by atoms with E-state index in [2.05, 4.69) is 4.72 Å². The van der Waals surface area contributed by atoms with Gasteiger partial charge in [-0.05, 0) is 20.3 Å². The van der Waals surface area contributed by atoms with Crippen molar-refractivity contribution in [2.75, 3.05) is 14.2 Å². The largest absolute Gasteiger partial charge is 0.493 e. The summed E-state index contributed by atoms with van der Waals surface area (Å²) in [7, 11) is -1.60. The van der Waals surface area contributed by atoms with Crippen molar-refractivity contribution >= 4 is 16.0 Å². The Kier molecular flexibility index (Phi) is 5.95. The van der Waals surface area contributed by atoms with Gasteiger partial charge in [0, 0.05) is 24.1 Å². The number of sulfonamides is 1. The van der Waals surface area contributed by atoms with Gasteiger partial charge in [-0.25, -0.2) is 17.5 Å². The molecule has 0 aromatic heterocycles. The summed E-state index contributed by atoms with van der Waals surface area (Å²) < 4.78 is 51.0. The Morgan fingerprint density at radius 1 is 1.26 bits per heavy atom. The molecule has 0 radical (unpaired) electrons. The van der Waals surface area contributed by atoms with Gasteiger partial charge < -0.3 is 14.6 Å². The van der Waals surface area contributed by atoms with Crippen LogP contribution in [0, 0.1) is 5.82 Å². The molecule has 7 nitrogen and oxygen atoms in total. The van der Waals surface area contributed by atoms with Crippen LogP contribution < -0.4 is 14.2 Å². The summed E-state index contributed by atoms with van der Waals surface area (Å²) in [5, 5.41) is 8.69. The Morgan fingerprint density at radius 2 is 1.78 bits per heavy atom. The lowest BCUT2D eigenvalue weighted by atomic mass is 10.0. The molecule has 1 aromatic carbocycles. The molecule has 0 spiro atoms. The molecular formula is C14H20FNO6S. The third-order valence-corrected chi connectivity index (χ3v) is 4.82. The van der Waals surface area contributed by atoms with Crippen molar-refractivity contribution in [3.05, 3.63) is 17.9 Å². The number of hydrogen-bond acceptors (Lipinski definition) is 5. The van der Waals surface area contributed by atoms with E-state index < -0.39 is 32.2 Å². The van der Waals surface area contributed by atoms with Gasteiger partial charge in [-0.15, -0.1) is 0 Å². The first-order valence-electron chi connectivity index (χ1n) is 6.69. The SMILES string of the molecule is COc1cc(F)c(S(=O)(=O)NC(C)(C)CCC(=O)O)cc1OC. The topological polar surface area (TPSA) is 102 Å². The van der Waals surface area contributed by atoms with Gasteiger partial charge in [0.05, 0.1) is 14.2 Å². The standard InChI is InChI=1S/C14H20FNO6S/c1-14(2,6-5-13(17)18)16-23(19,20)12-8-11(22-4)10(21-3)7-9(12)15/h7-8,16H,5-6H2,1-4H3,(H,17,18). The molecule has 0 saturated heterocycles. The number of hydrogen-bond donors (Lipinski definition) is 2. The lowest BCUT2D eigenvalue weighted by Crippen LogP contribution is -2.43. The second-order valence-electron chi connectivity index (χ2n) is 5.52. The minimum atomic E-state index is -4.21. The molecule has 130 valence electrons. The number of methoxy groups -OCH3 is 2. The lowest BCUT2D eigenvalue weighted by molar-refractivity contribution is -0.137. The Labute approximate surface area is 134 Å². The fourth-order valence-corrected chi connectivity index (χ4v) is 3.45. The first kappa shape index (κ1) is 19.2. The molecule has 0 atom stereocenters. The van der Waals surface area contributed by atoms with E-state index in [1.807, 2.05) is 0 Å². The molecule has 0 aliphatic carbocycles. The molecular weight excluding hydrogens is 329 g/mol. The van der Waals surface area contributed by atoms with Crippen LogP contribution in [0.5, 0.6) is 11.5 Å². The number of ether oxygens (including phenoxy) is 2. The lowest BCUT2D eigenvalue weighted by Gasteiger charge is -2.25. The predicted molar refractivity (Wildman–Crippen MR) is 80.8 cm³/mol. The van der Waals surface area contributed by atoms with Gasteiger partial charge in [0.25, 0.3) is 0 Å². The quantitative estimate of drug-likeness (QED) is 0.741. The maximum Gasteiger partial charge on any atom is 0.303 e. The van der Waals surface area contributed by atoms with E-state index in [0.717, 1.165) is 12.1 Å². The maximum absolute atomic E-state index is 14.1. The molecule has 0 fully saturated rings. The van der Waals surface area contributed by atoms with Gasteiger partial charge in [0.2, 0.25) is 10.0 Å². The van der Waals surface area contributed by atoms with E-state index in [-0.39, 0.29) is 24.3 Å². The van der Waals surface area contributed by atoms with Crippen molar-refractivity contribution in [1.82, 2.24) is 4.72 Å². The fraction of sp³-hybridized carbons (Fsp3) is 0.500. The van der Waals surface area contributed by atoms with Gasteiger partial charge in [0.1, 0.15) is 10.7 Å². The van der Waals surface area contributed by atoms with Crippen LogP contribution in [0.4, 0.5) is 4.39 Å². The Bertz CT molecular complexity index is 687. The third kappa shape index (κ3) is 5.07. The molecule has 0 amide bonds. The summed E-state index contributed by atoms with van der Waals surface area (Å²) in [6.07, 6.45) is -0.166. The summed E-state index contributed by atoms with van der Waals surface area (Å²) in [5.74, 6) is -1.91. The van der Waals surface area contributed by atoms with Gasteiger partial charge in [-0.2, -0.15) is 0 Å². The molecule has 2 N–H and O–H groups in total. The minimum absolute atomic E-state index is 0.0521. The summed E-state index contributed by atoms with van der Waals surface area (Å²) in [6, 6.07) is 1.93. The van der Waals surface area contributed by atoms with Crippen LogP contribution in [0.25, 0.3) is 0 Å². The number of benzene rings is 1. The van der Waals surface area contributed by atoms with Crippen LogP contribution in [0.15, 0.2) is 17.0 Å². The summed E-state index contributed by atoms with van der Waals surface area (Å²) in [5.41, 5.74) is -1.06. The predicted octanol–water partition coefficient (Wildman–Crippen LogP) is 1.76. The molecule has 23 heavy (non-hydrogen) atoms. The van der Waals surface area contributed by atoms with E-state index in [1.165, 1.54) is 28.1 Å². The van der Waals surface area contributed by atoms with Gasteiger partial charge in [0.15, 0.2) is 11.5 Å². The van der Waals surface area contributed by atoms with Crippen LogP contribution in [0.2, 0.25) is 0 Å². The zero-order valence-corrected chi connectivity index (χ0v) is 14.2. The van der Waals surface area contributed by atoms with Crippen molar-refractivity contribution in [3.8, 4) is 11.5 Å². The molecule has 0 heterocycles. The highest BCUT2D eigenvalue weighted by Gasteiger charge is 2.30. The Hall–Kier alpha value is -1.87. The van der Waals surface area contributed by atoms with Crippen LogP contribution in [-0.4, -0.2) is 39.3 Å². The highest BCUT2D eigenvalue weighted by atomic mass is 32.2. The van der Waals surface area contributed by atoms with Crippen molar-refractivity contribution < 1.29 is 32.2 Å². The number of carboxylic acid groups (broad SMARTS) is 1. The monoisotopic (exact) mass is 349 g/mol. The van der Waals surface area contributed by atoms with Gasteiger partial charge in [-0.3, -0.25) is 4.79 Å². The molecule has 0 aliphatic heterocycles. The summed E-state index contributed by atoms with van der Waals surface area (Å²) in [6.45, 7) is 3.04. The highest BCUT2D eigenvalue weighted by Crippen LogP contribution is 2.32. The van der Waals surface area contributed by atoms with E-state index in [1.54, 1.807) is 0 Å². The molecule has 0 unspecified atom stereocenters. The highest BCUT2D eigenvalue weighted by molar-refractivity contribution is 7.89. The average molecular weight is 349 g/mol. The second-order valence-corrected chi connectivity index (χ2v) is 7.17. The second kappa shape index (κ2) is 7.14. The Balaban J connectivity index is 3.16. The third-order valence-electron chi connectivity index (χ3n) is 3.10. The first-order chi connectivity index (χ1) is 10.5. The molecule has 0 bridgehead atoms. The minimum Gasteiger partial charge on any atom is -0.493 e. The maximum atomic E-state index is 14.1. The molecule has 1 aromatic rings. The zero-order valence-electron chi connectivity index (χ0n) is 13.3. The summed E-state index contributed by atoms with van der Waals surface area (Å²) >= 11 is 0. The zero-order chi connectivity index (χ0) is 17.8. The number of carboxylic acids is 1. The number of halogens is 1. The van der Waals surface area contributed by atoms with Gasteiger partial charge >= 0.3 is 5.97 Å².